The monoisotopic (exact) mass is 440 g/mol. The van der Waals surface area contributed by atoms with Gasteiger partial charge in [-0.05, 0) is 69.2 Å². The summed E-state index contributed by atoms with van der Waals surface area (Å²) in [7, 11) is 0. The molecule has 0 aromatic carbocycles. The molecule has 4 aromatic rings. The highest BCUT2D eigenvalue weighted by molar-refractivity contribution is 5.81. The van der Waals surface area contributed by atoms with E-state index in [1.54, 1.807) is 12.4 Å². The fourth-order valence-corrected chi connectivity index (χ4v) is 4.15. The summed E-state index contributed by atoms with van der Waals surface area (Å²) in [5.41, 5.74) is 4.24. The third-order valence-electron chi connectivity index (χ3n) is 5.87. The average molecular weight is 441 g/mol. The fraction of sp³-hybridized carbons (Fsp3) is 0.280. The third-order valence-corrected chi connectivity index (χ3v) is 5.87. The molecule has 168 valence electrons. The second-order valence-corrected chi connectivity index (χ2v) is 8.19. The Labute approximate surface area is 193 Å². The van der Waals surface area contributed by atoms with E-state index in [-0.39, 0.29) is 0 Å². The van der Waals surface area contributed by atoms with Crippen molar-refractivity contribution in [2.75, 3.05) is 31.5 Å². The number of anilines is 2. The van der Waals surface area contributed by atoms with Crippen molar-refractivity contribution in [3.63, 3.8) is 0 Å². The Morgan fingerprint density at radius 3 is 2.82 bits per heavy atom. The van der Waals surface area contributed by atoms with Gasteiger partial charge in [-0.25, -0.2) is 9.50 Å². The van der Waals surface area contributed by atoms with E-state index in [0.29, 0.717) is 11.6 Å². The zero-order valence-corrected chi connectivity index (χ0v) is 18.6. The SMILES string of the molecule is C=C(NCCCN1CCCC1)c1cnccc1Nc1nc(-c2ccccn2)nn2cccc12. The standard InChI is InChI=1S/C25H28N8/c1-19(27-12-7-16-32-14-4-5-15-32)20-18-26-13-10-21(20)29-25-23-9-6-17-33(23)31-24(30-25)22-8-2-3-11-28-22/h2-3,6,8-11,13,17-18,27H,1,4-5,7,12,14-16H2,(H,26,29,30,31). The number of nitrogens with one attached hydrogen (secondary N) is 2. The van der Waals surface area contributed by atoms with Crippen molar-refractivity contribution in [1.82, 2.24) is 34.8 Å². The van der Waals surface area contributed by atoms with E-state index in [0.717, 1.165) is 47.7 Å². The summed E-state index contributed by atoms with van der Waals surface area (Å²) in [6, 6.07) is 11.6. The van der Waals surface area contributed by atoms with E-state index in [2.05, 4.69) is 37.2 Å². The van der Waals surface area contributed by atoms with Gasteiger partial charge < -0.3 is 15.5 Å². The summed E-state index contributed by atoms with van der Waals surface area (Å²) in [4.78, 5) is 16.0. The quantitative estimate of drug-likeness (QED) is 0.381. The number of fused-ring (bicyclic) bond motifs is 1. The van der Waals surface area contributed by atoms with Crippen LogP contribution in [-0.4, -0.2) is 55.6 Å². The highest BCUT2D eigenvalue weighted by Crippen LogP contribution is 2.27. The Balaban J connectivity index is 1.34. The van der Waals surface area contributed by atoms with Gasteiger partial charge in [0, 0.05) is 42.6 Å². The molecule has 0 amide bonds. The normalized spacial score (nSPS) is 13.9. The number of rotatable bonds is 9. The molecule has 0 unspecified atom stereocenters. The van der Waals surface area contributed by atoms with E-state index >= 15 is 0 Å². The number of pyridine rings is 2. The molecule has 1 aliphatic heterocycles. The van der Waals surface area contributed by atoms with Gasteiger partial charge in [-0.3, -0.25) is 9.97 Å². The molecule has 1 fully saturated rings. The van der Waals surface area contributed by atoms with Crippen molar-refractivity contribution >= 4 is 22.7 Å². The van der Waals surface area contributed by atoms with Crippen molar-refractivity contribution < 1.29 is 0 Å². The van der Waals surface area contributed by atoms with Crippen LogP contribution in [-0.2, 0) is 0 Å². The van der Waals surface area contributed by atoms with Crippen LogP contribution in [0.4, 0.5) is 11.5 Å². The second kappa shape index (κ2) is 9.79. The minimum absolute atomic E-state index is 0.552. The van der Waals surface area contributed by atoms with Crippen molar-refractivity contribution in [2.45, 2.75) is 19.3 Å². The number of nitrogens with zero attached hydrogens (tertiary/aromatic N) is 6. The first-order chi connectivity index (χ1) is 16.3. The molecule has 0 bridgehead atoms. The van der Waals surface area contributed by atoms with Gasteiger partial charge in [0.05, 0.1) is 5.69 Å². The molecule has 2 N–H and O–H groups in total. The van der Waals surface area contributed by atoms with E-state index in [9.17, 15) is 0 Å². The zero-order chi connectivity index (χ0) is 22.5. The largest absolute Gasteiger partial charge is 0.385 e. The summed E-state index contributed by atoms with van der Waals surface area (Å²) in [5, 5.41) is 11.6. The highest BCUT2D eigenvalue weighted by Gasteiger charge is 2.14. The molecule has 0 saturated carbocycles. The lowest BCUT2D eigenvalue weighted by Gasteiger charge is -2.17. The molecule has 0 aliphatic carbocycles. The first kappa shape index (κ1) is 21.1. The van der Waals surface area contributed by atoms with E-state index in [4.69, 9.17) is 4.98 Å². The van der Waals surface area contributed by atoms with Crippen molar-refractivity contribution in [3.8, 4) is 11.5 Å². The number of hydrogen-bond acceptors (Lipinski definition) is 7. The van der Waals surface area contributed by atoms with Gasteiger partial charge in [-0.15, -0.1) is 5.10 Å². The van der Waals surface area contributed by atoms with Gasteiger partial charge in [-0.2, -0.15) is 0 Å². The molecule has 4 aromatic heterocycles. The maximum absolute atomic E-state index is 4.78. The van der Waals surface area contributed by atoms with Crippen LogP contribution < -0.4 is 10.6 Å². The first-order valence-electron chi connectivity index (χ1n) is 11.4. The molecule has 0 radical (unpaired) electrons. The van der Waals surface area contributed by atoms with E-state index < -0.39 is 0 Å². The van der Waals surface area contributed by atoms with Gasteiger partial charge >= 0.3 is 0 Å². The van der Waals surface area contributed by atoms with Crippen molar-refractivity contribution in [2.24, 2.45) is 0 Å². The van der Waals surface area contributed by atoms with Crippen LogP contribution >= 0.6 is 0 Å². The van der Waals surface area contributed by atoms with Crippen LogP contribution in [0.2, 0.25) is 0 Å². The number of hydrogen-bond donors (Lipinski definition) is 2. The molecule has 5 heterocycles. The minimum atomic E-state index is 0.552. The Morgan fingerprint density at radius 2 is 1.97 bits per heavy atom. The molecular formula is C25H28N8. The Kier molecular flexibility index (Phi) is 6.25. The van der Waals surface area contributed by atoms with Gasteiger partial charge in [-0.1, -0.05) is 12.6 Å². The van der Waals surface area contributed by atoms with Gasteiger partial charge in [0.1, 0.15) is 11.2 Å². The third kappa shape index (κ3) is 4.85. The summed E-state index contributed by atoms with van der Waals surface area (Å²) in [6.07, 6.45) is 11.0. The molecule has 8 nitrogen and oxygen atoms in total. The highest BCUT2D eigenvalue weighted by atomic mass is 15.3. The van der Waals surface area contributed by atoms with Crippen LogP contribution in [0.5, 0.6) is 0 Å². The van der Waals surface area contributed by atoms with Gasteiger partial charge in [0.15, 0.2) is 5.82 Å². The zero-order valence-electron chi connectivity index (χ0n) is 18.6. The van der Waals surface area contributed by atoms with Gasteiger partial charge in [0.2, 0.25) is 5.82 Å². The Bertz CT molecular complexity index is 1230. The molecule has 0 atom stereocenters. The topological polar surface area (TPSA) is 83.3 Å². The summed E-state index contributed by atoms with van der Waals surface area (Å²) < 4.78 is 1.81. The van der Waals surface area contributed by atoms with E-state index in [1.165, 1.54) is 25.9 Å². The van der Waals surface area contributed by atoms with Crippen LogP contribution in [0.3, 0.4) is 0 Å². The summed E-state index contributed by atoms with van der Waals surface area (Å²) >= 11 is 0. The predicted octanol–water partition coefficient (Wildman–Crippen LogP) is 3.98. The summed E-state index contributed by atoms with van der Waals surface area (Å²) in [6.45, 7) is 8.72. The Morgan fingerprint density at radius 1 is 1.06 bits per heavy atom. The Hall–Kier alpha value is -3.78. The first-order valence-corrected chi connectivity index (χ1v) is 11.4. The predicted molar refractivity (Wildman–Crippen MR) is 131 cm³/mol. The fourth-order valence-electron chi connectivity index (χ4n) is 4.15. The van der Waals surface area contributed by atoms with E-state index in [1.807, 2.05) is 53.3 Å². The maximum atomic E-state index is 4.78. The molecule has 5 rings (SSSR count). The average Bonchev–Trinajstić information content (AvgIpc) is 3.55. The number of likely N-dealkylation sites (tertiary alicyclic amines) is 1. The van der Waals surface area contributed by atoms with Crippen molar-refractivity contribution in [1.29, 1.82) is 0 Å². The lowest BCUT2D eigenvalue weighted by molar-refractivity contribution is 0.334. The maximum Gasteiger partial charge on any atom is 0.200 e. The van der Waals surface area contributed by atoms with Crippen LogP contribution in [0.25, 0.3) is 22.7 Å². The lowest BCUT2D eigenvalue weighted by Crippen LogP contribution is -2.24. The lowest BCUT2D eigenvalue weighted by atomic mass is 10.1. The minimum Gasteiger partial charge on any atom is -0.385 e. The summed E-state index contributed by atoms with van der Waals surface area (Å²) in [5.74, 6) is 1.25. The van der Waals surface area contributed by atoms with Gasteiger partial charge in [0.25, 0.3) is 0 Å². The van der Waals surface area contributed by atoms with Crippen molar-refractivity contribution in [3.05, 3.63) is 73.3 Å². The number of aromatic nitrogens is 5. The van der Waals surface area contributed by atoms with Crippen LogP contribution in [0.15, 0.2) is 67.8 Å². The molecule has 0 spiro atoms. The van der Waals surface area contributed by atoms with Crippen LogP contribution in [0.1, 0.15) is 24.8 Å². The molecule has 8 heteroatoms. The molecule has 33 heavy (non-hydrogen) atoms. The van der Waals surface area contributed by atoms with Crippen LogP contribution in [0, 0.1) is 0 Å². The molecular weight excluding hydrogens is 412 g/mol. The molecule has 1 aliphatic rings. The molecule has 1 saturated heterocycles. The second-order valence-electron chi connectivity index (χ2n) is 8.19. The smallest absolute Gasteiger partial charge is 0.200 e.